The highest BCUT2D eigenvalue weighted by Crippen LogP contribution is 2.18. The van der Waals surface area contributed by atoms with E-state index in [4.69, 9.17) is 5.73 Å². The van der Waals surface area contributed by atoms with Crippen LogP contribution in [0.1, 0.15) is 31.1 Å². The van der Waals surface area contributed by atoms with Crippen LogP contribution in [0.5, 0.6) is 0 Å². The molecule has 0 saturated carbocycles. The summed E-state index contributed by atoms with van der Waals surface area (Å²) in [4.78, 5) is 28.6. The van der Waals surface area contributed by atoms with Crippen LogP contribution in [-0.4, -0.2) is 28.9 Å². The van der Waals surface area contributed by atoms with Crippen molar-refractivity contribution in [1.82, 2.24) is 15.6 Å². The first-order valence-corrected chi connectivity index (χ1v) is 8.19. The third-order valence-corrected chi connectivity index (χ3v) is 3.85. The number of carbonyl (C=O) groups excluding carboxylic acids is 2. The lowest BCUT2D eigenvalue weighted by Crippen LogP contribution is -2.56. The first-order valence-electron chi connectivity index (χ1n) is 8.19. The van der Waals surface area contributed by atoms with Crippen LogP contribution in [0, 0.1) is 0 Å². The molecule has 6 heteroatoms. The molecule has 0 radical (unpaired) electrons. The van der Waals surface area contributed by atoms with Crippen molar-refractivity contribution < 1.29 is 9.59 Å². The summed E-state index contributed by atoms with van der Waals surface area (Å²) in [5.74, 6) is -0.653. The van der Waals surface area contributed by atoms with Crippen LogP contribution in [0.4, 0.5) is 0 Å². The molecule has 6 nitrogen and oxygen atoms in total. The van der Waals surface area contributed by atoms with E-state index in [2.05, 4.69) is 15.6 Å². The molecule has 1 aromatic carbocycles. The monoisotopic (exact) mass is 340 g/mol. The van der Waals surface area contributed by atoms with Crippen LogP contribution < -0.4 is 16.4 Å². The first-order chi connectivity index (χ1) is 11.9. The Morgan fingerprint density at radius 1 is 1.12 bits per heavy atom. The van der Waals surface area contributed by atoms with Gasteiger partial charge in [0.2, 0.25) is 11.8 Å². The molecule has 0 aliphatic carbocycles. The first kappa shape index (κ1) is 18.6. The zero-order valence-corrected chi connectivity index (χ0v) is 14.5. The van der Waals surface area contributed by atoms with E-state index in [0.717, 1.165) is 11.3 Å². The van der Waals surface area contributed by atoms with Gasteiger partial charge >= 0.3 is 0 Å². The number of hydrogen-bond acceptors (Lipinski definition) is 4. The second-order valence-corrected chi connectivity index (χ2v) is 6.34. The maximum atomic E-state index is 12.7. The second kappa shape index (κ2) is 8.39. The average molecular weight is 340 g/mol. The number of nitrogens with one attached hydrogen (secondary N) is 2. The quantitative estimate of drug-likeness (QED) is 0.708. The fraction of sp³-hybridized carbons (Fsp3) is 0.316. The lowest BCUT2D eigenvalue weighted by molar-refractivity contribution is -0.132. The van der Waals surface area contributed by atoms with Gasteiger partial charge in [0.1, 0.15) is 5.54 Å². The van der Waals surface area contributed by atoms with Crippen LogP contribution in [-0.2, 0) is 16.0 Å². The van der Waals surface area contributed by atoms with Gasteiger partial charge in [0.05, 0.1) is 12.6 Å². The normalized spacial score (nSPS) is 12.3. The second-order valence-electron chi connectivity index (χ2n) is 6.34. The van der Waals surface area contributed by atoms with E-state index >= 15 is 0 Å². The zero-order chi connectivity index (χ0) is 18.3. The molecule has 2 aromatic rings. The van der Waals surface area contributed by atoms with Gasteiger partial charge < -0.3 is 16.4 Å². The van der Waals surface area contributed by atoms with Crippen molar-refractivity contribution in [3.63, 3.8) is 0 Å². The molecular weight excluding hydrogens is 316 g/mol. The number of amides is 2. The third-order valence-electron chi connectivity index (χ3n) is 3.85. The third kappa shape index (κ3) is 5.39. The van der Waals surface area contributed by atoms with E-state index in [1.165, 1.54) is 0 Å². The molecule has 0 saturated heterocycles. The predicted molar refractivity (Wildman–Crippen MR) is 96.5 cm³/mol. The molecule has 132 valence electrons. The smallest absolute Gasteiger partial charge is 0.245 e. The maximum absolute atomic E-state index is 12.7. The number of benzene rings is 1. The minimum absolute atomic E-state index is 0.160. The molecule has 1 heterocycles. The van der Waals surface area contributed by atoms with Crippen molar-refractivity contribution in [2.75, 3.05) is 6.54 Å². The van der Waals surface area contributed by atoms with E-state index in [-0.39, 0.29) is 24.4 Å². The summed E-state index contributed by atoms with van der Waals surface area (Å²) in [5, 5.41) is 5.65. The molecule has 0 spiro atoms. The summed E-state index contributed by atoms with van der Waals surface area (Å²) in [6, 6.07) is 15.1. The maximum Gasteiger partial charge on any atom is 0.245 e. The van der Waals surface area contributed by atoms with Crippen LogP contribution in [0.3, 0.4) is 0 Å². The molecule has 0 aliphatic rings. The van der Waals surface area contributed by atoms with Crippen molar-refractivity contribution in [3.8, 4) is 0 Å². The Balaban J connectivity index is 2.18. The topological polar surface area (TPSA) is 97.1 Å². The Labute approximate surface area is 147 Å². The highest BCUT2D eigenvalue weighted by atomic mass is 16.2. The van der Waals surface area contributed by atoms with Gasteiger partial charge in [0.15, 0.2) is 0 Å². The number of pyridine rings is 1. The van der Waals surface area contributed by atoms with Gasteiger partial charge in [-0.25, -0.2) is 0 Å². The van der Waals surface area contributed by atoms with Crippen LogP contribution in [0.25, 0.3) is 0 Å². The van der Waals surface area contributed by atoms with Crippen molar-refractivity contribution in [2.45, 2.75) is 31.8 Å². The molecule has 0 bridgehead atoms. The molecule has 1 unspecified atom stereocenters. The van der Waals surface area contributed by atoms with E-state index in [1.807, 2.05) is 48.5 Å². The Kier molecular flexibility index (Phi) is 6.25. The van der Waals surface area contributed by atoms with Crippen molar-refractivity contribution in [2.24, 2.45) is 5.73 Å². The molecule has 1 atom stereocenters. The van der Waals surface area contributed by atoms with E-state index in [0.29, 0.717) is 6.42 Å². The highest BCUT2D eigenvalue weighted by Gasteiger charge is 2.31. The molecule has 2 rings (SSSR count). The molecule has 25 heavy (non-hydrogen) atoms. The SMILES string of the molecule is CC(C)(NC(=O)CN)C(=O)NC(Cc1ccccn1)c1ccccc1. The lowest BCUT2D eigenvalue weighted by Gasteiger charge is -2.28. The predicted octanol–water partition coefficient (Wildman–Crippen LogP) is 1.34. The van der Waals surface area contributed by atoms with Gasteiger partial charge in [-0.15, -0.1) is 0 Å². The summed E-state index contributed by atoms with van der Waals surface area (Å²) in [5.41, 5.74) is 6.11. The Bertz CT molecular complexity index is 702. The Hall–Kier alpha value is -2.73. The number of aromatic nitrogens is 1. The van der Waals surface area contributed by atoms with Crippen molar-refractivity contribution >= 4 is 11.8 Å². The molecular formula is C19H24N4O2. The fourth-order valence-corrected chi connectivity index (χ4v) is 2.46. The van der Waals surface area contributed by atoms with Gasteiger partial charge in [-0.1, -0.05) is 36.4 Å². The number of carbonyl (C=O) groups is 2. The largest absolute Gasteiger partial charge is 0.347 e. The highest BCUT2D eigenvalue weighted by molar-refractivity contribution is 5.91. The van der Waals surface area contributed by atoms with Gasteiger partial charge in [-0.2, -0.15) is 0 Å². The Morgan fingerprint density at radius 3 is 2.40 bits per heavy atom. The van der Waals surface area contributed by atoms with Crippen molar-refractivity contribution in [3.05, 3.63) is 66.0 Å². The standard InChI is InChI=1S/C19H24N4O2/c1-19(2,23-17(24)13-20)18(25)22-16(14-8-4-3-5-9-14)12-15-10-6-7-11-21-15/h3-11,16H,12-13,20H2,1-2H3,(H,22,25)(H,23,24). The summed E-state index contributed by atoms with van der Waals surface area (Å²) >= 11 is 0. The lowest BCUT2D eigenvalue weighted by atomic mass is 9.98. The molecule has 1 aromatic heterocycles. The molecule has 0 fully saturated rings. The number of nitrogens with zero attached hydrogens (tertiary/aromatic N) is 1. The van der Waals surface area contributed by atoms with E-state index in [9.17, 15) is 9.59 Å². The van der Waals surface area contributed by atoms with Gasteiger partial charge in [-0.3, -0.25) is 14.6 Å². The minimum Gasteiger partial charge on any atom is -0.347 e. The van der Waals surface area contributed by atoms with Crippen molar-refractivity contribution in [1.29, 1.82) is 0 Å². The zero-order valence-electron chi connectivity index (χ0n) is 14.5. The number of hydrogen-bond donors (Lipinski definition) is 3. The molecule has 0 aliphatic heterocycles. The van der Waals surface area contributed by atoms with E-state index < -0.39 is 5.54 Å². The minimum atomic E-state index is -1.06. The van der Waals surface area contributed by atoms with Crippen LogP contribution in [0.2, 0.25) is 0 Å². The molecule has 2 amide bonds. The molecule has 4 N–H and O–H groups in total. The summed E-state index contributed by atoms with van der Waals surface area (Å²) in [6.07, 6.45) is 2.28. The number of nitrogens with two attached hydrogens (primary N) is 1. The number of rotatable bonds is 7. The van der Waals surface area contributed by atoms with Gasteiger partial charge in [0, 0.05) is 18.3 Å². The van der Waals surface area contributed by atoms with E-state index in [1.54, 1.807) is 20.0 Å². The van der Waals surface area contributed by atoms with Gasteiger partial charge in [0.25, 0.3) is 0 Å². The van der Waals surface area contributed by atoms with Crippen LogP contribution >= 0.6 is 0 Å². The van der Waals surface area contributed by atoms with Gasteiger partial charge in [-0.05, 0) is 31.5 Å². The average Bonchev–Trinajstić information content (AvgIpc) is 2.62. The summed E-state index contributed by atoms with van der Waals surface area (Å²) in [6.45, 7) is 3.14. The summed E-state index contributed by atoms with van der Waals surface area (Å²) < 4.78 is 0. The van der Waals surface area contributed by atoms with Crippen LogP contribution in [0.15, 0.2) is 54.7 Å². The summed E-state index contributed by atoms with van der Waals surface area (Å²) in [7, 11) is 0. The fourth-order valence-electron chi connectivity index (χ4n) is 2.46. The Morgan fingerprint density at radius 2 is 1.80 bits per heavy atom.